The van der Waals surface area contributed by atoms with Gasteiger partial charge in [-0.3, -0.25) is 0 Å². The van der Waals surface area contributed by atoms with Crippen LogP contribution in [0.3, 0.4) is 0 Å². The van der Waals surface area contributed by atoms with Gasteiger partial charge in [0.2, 0.25) is 0 Å². The SMILES string of the molecule is CCC1(CC)CC(C#N)(c2ccc3c(c2)OCCO3)C1. The monoisotopic (exact) mass is 271 g/mol. The molecule has 20 heavy (non-hydrogen) atoms. The van der Waals surface area contributed by atoms with Gasteiger partial charge in [0.1, 0.15) is 13.2 Å². The molecule has 0 saturated heterocycles. The van der Waals surface area contributed by atoms with Crippen LogP contribution in [0.2, 0.25) is 0 Å². The van der Waals surface area contributed by atoms with Gasteiger partial charge in [0.25, 0.3) is 0 Å². The summed E-state index contributed by atoms with van der Waals surface area (Å²) in [7, 11) is 0. The van der Waals surface area contributed by atoms with E-state index < -0.39 is 0 Å². The molecular weight excluding hydrogens is 250 g/mol. The highest BCUT2D eigenvalue weighted by Crippen LogP contribution is 2.59. The predicted octanol–water partition coefficient (Wildman–Crippen LogP) is 3.82. The number of benzene rings is 1. The van der Waals surface area contributed by atoms with Gasteiger partial charge in [-0.05, 0) is 36.0 Å². The number of fused-ring (bicyclic) bond motifs is 1. The van der Waals surface area contributed by atoms with Crippen molar-refractivity contribution < 1.29 is 9.47 Å². The molecule has 1 aromatic rings. The van der Waals surface area contributed by atoms with E-state index >= 15 is 0 Å². The Labute approximate surface area is 120 Å². The molecule has 3 heteroatoms. The highest BCUT2D eigenvalue weighted by Gasteiger charge is 2.54. The Kier molecular flexibility index (Phi) is 3.12. The van der Waals surface area contributed by atoms with Gasteiger partial charge in [-0.2, -0.15) is 5.26 Å². The lowest BCUT2D eigenvalue weighted by Crippen LogP contribution is -2.48. The number of nitriles is 1. The van der Waals surface area contributed by atoms with Crippen LogP contribution < -0.4 is 9.47 Å². The van der Waals surface area contributed by atoms with Gasteiger partial charge in [0, 0.05) is 0 Å². The van der Waals surface area contributed by atoms with Crippen LogP contribution in [0.25, 0.3) is 0 Å². The molecular formula is C17H21NO2. The molecule has 2 aliphatic rings. The zero-order valence-corrected chi connectivity index (χ0v) is 12.2. The van der Waals surface area contributed by atoms with Gasteiger partial charge < -0.3 is 9.47 Å². The van der Waals surface area contributed by atoms with E-state index in [1.165, 1.54) is 0 Å². The summed E-state index contributed by atoms with van der Waals surface area (Å²) in [6.45, 7) is 5.65. The molecule has 1 aromatic carbocycles. The van der Waals surface area contributed by atoms with Crippen molar-refractivity contribution >= 4 is 0 Å². The fourth-order valence-electron chi connectivity index (χ4n) is 3.67. The molecule has 0 unspecified atom stereocenters. The lowest BCUT2D eigenvalue weighted by molar-refractivity contribution is 0.0476. The summed E-state index contributed by atoms with van der Waals surface area (Å²) in [4.78, 5) is 0. The summed E-state index contributed by atoms with van der Waals surface area (Å²) < 4.78 is 11.2. The van der Waals surface area contributed by atoms with Crippen LogP contribution in [0, 0.1) is 16.7 Å². The molecule has 0 atom stereocenters. The van der Waals surface area contributed by atoms with E-state index in [2.05, 4.69) is 19.9 Å². The zero-order chi connectivity index (χ0) is 14.2. The first-order chi connectivity index (χ1) is 9.67. The predicted molar refractivity (Wildman–Crippen MR) is 77.0 cm³/mol. The molecule has 3 rings (SSSR count). The number of rotatable bonds is 3. The minimum Gasteiger partial charge on any atom is -0.486 e. The number of hydrogen-bond donors (Lipinski definition) is 0. The van der Waals surface area contributed by atoms with Crippen molar-refractivity contribution in [1.29, 1.82) is 5.26 Å². The summed E-state index contributed by atoms with van der Waals surface area (Å²) in [5.41, 5.74) is 1.10. The molecule has 106 valence electrons. The average molecular weight is 271 g/mol. The van der Waals surface area contributed by atoms with Gasteiger partial charge in [-0.1, -0.05) is 32.8 Å². The second kappa shape index (κ2) is 4.70. The molecule has 3 nitrogen and oxygen atoms in total. The zero-order valence-electron chi connectivity index (χ0n) is 12.2. The van der Waals surface area contributed by atoms with Crippen molar-refractivity contribution in [1.82, 2.24) is 0 Å². The minimum absolute atomic E-state index is 0.331. The Morgan fingerprint density at radius 2 is 1.75 bits per heavy atom. The molecule has 1 heterocycles. The first kappa shape index (κ1) is 13.3. The van der Waals surface area contributed by atoms with Crippen molar-refractivity contribution in [2.24, 2.45) is 5.41 Å². The van der Waals surface area contributed by atoms with E-state index in [0.29, 0.717) is 18.6 Å². The molecule has 1 saturated carbocycles. The third-order valence-corrected chi connectivity index (χ3v) is 5.16. The highest BCUT2D eigenvalue weighted by atomic mass is 16.6. The smallest absolute Gasteiger partial charge is 0.161 e. The second-order valence-corrected chi connectivity index (χ2v) is 6.11. The Morgan fingerprint density at radius 1 is 1.10 bits per heavy atom. The maximum atomic E-state index is 9.70. The van der Waals surface area contributed by atoms with E-state index in [1.54, 1.807) is 0 Å². The van der Waals surface area contributed by atoms with Crippen molar-refractivity contribution in [3.8, 4) is 17.6 Å². The van der Waals surface area contributed by atoms with E-state index in [9.17, 15) is 5.26 Å². The van der Waals surface area contributed by atoms with Crippen molar-refractivity contribution in [2.75, 3.05) is 13.2 Å². The average Bonchev–Trinajstić information content (AvgIpc) is 2.48. The van der Waals surface area contributed by atoms with E-state index in [0.717, 1.165) is 42.7 Å². The van der Waals surface area contributed by atoms with Gasteiger partial charge in [0.15, 0.2) is 11.5 Å². The Balaban J connectivity index is 1.90. The second-order valence-electron chi connectivity index (χ2n) is 6.11. The first-order valence-corrected chi connectivity index (χ1v) is 7.48. The van der Waals surface area contributed by atoms with Crippen LogP contribution in [0.1, 0.15) is 45.1 Å². The fourth-order valence-corrected chi connectivity index (χ4v) is 3.67. The van der Waals surface area contributed by atoms with Crippen LogP contribution in [0.5, 0.6) is 11.5 Å². The summed E-state index contributed by atoms with van der Waals surface area (Å²) in [6, 6.07) is 8.55. The third-order valence-electron chi connectivity index (χ3n) is 5.16. The molecule has 0 bridgehead atoms. The molecule has 0 aromatic heterocycles. The minimum atomic E-state index is -0.331. The molecule has 1 aliphatic carbocycles. The summed E-state index contributed by atoms with van der Waals surface area (Å²) >= 11 is 0. The van der Waals surface area contributed by atoms with Crippen molar-refractivity contribution in [2.45, 2.75) is 44.9 Å². The van der Waals surface area contributed by atoms with Crippen molar-refractivity contribution in [3.63, 3.8) is 0 Å². The molecule has 0 amide bonds. The number of ether oxygens (including phenoxy) is 2. The highest BCUT2D eigenvalue weighted by molar-refractivity contribution is 5.49. The van der Waals surface area contributed by atoms with Crippen LogP contribution >= 0.6 is 0 Å². The Bertz CT molecular complexity index is 547. The maximum absolute atomic E-state index is 9.70. The standard InChI is InChI=1S/C17H21NO2/c1-3-16(4-2)10-17(11-16,12-18)13-5-6-14-15(9-13)20-8-7-19-14/h5-6,9H,3-4,7-8,10-11H2,1-2H3. The molecule has 1 fully saturated rings. The molecule has 0 spiro atoms. The Hall–Kier alpha value is -1.69. The van der Waals surface area contributed by atoms with Crippen LogP contribution in [-0.2, 0) is 5.41 Å². The summed E-state index contributed by atoms with van der Waals surface area (Å²) in [6.07, 6.45) is 4.22. The normalized spacial score (nSPS) is 21.6. The van der Waals surface area contributed by atoms with Crippen molar-refractivity contribution in [3.05, 3.63) is 23.8 Å². The maximum Gasteiger partial charge on any atom is 0.161 e. The quantitative estimate of drug-likeness (QED) is 0.839. The number of nitrogens with zero attached hydrogens (tertiary/aromatic N) is 1. The Morgan fingerprint density at radius 3 is 2.35 bits per heavy atom. The van der Waals surface area contributed by atoms with Crippen LogP contribution in [0.15, 0.2) is 18.2 Å². The molecule has 1 aliphatic heterocycles. The van der Waals surface area contributed by atoms with E-state index in [1.807, 2.05) is 18.2 Å². The van der Waals surface area contributed by atoms with Crippen LogP contribution in [-0.4, -0.2) is 13.2 Å². The third kappa shape index (κ3) is 1.86. The molecule has 0 radical (unpaired) electrons. The number of hydrogen-bond acceptors (Lipinski definition) is 3. The van der Waals surface area contributed by atoms with Gasteiger partial charge in [-0.25, -0.2) is 0 Å². The van der Waals surface area contributed by atoms with E-state index in [-0.39, 0.29) is 5.41 Å². The van der Waals surface area contributed by atoms with Gasteiger partial charge in [0.05, 0.1) is 11.5 Å². The molecule has 0 N–H and O–H groups in total. The fraction of sp³-hybridized carbons (Fsp3) is 0.588. The van der Waals surface area contributed by atoms with Crippen LogP contribution in [0.4, 0.5) is 0 Å². The van der Waals surface area contributed by atoms with Gasteiger partial charge in [-0.15, -0.1) is 0 Å². The topological polar surface area (TPSA) is 42.2 Å². The summed E-state index contributed by atoms with van der Waals surface area (Å²) in [5.74, 6) is 1.58. The lowest BCUT2D eigenvalue weighted by Gasteiger charge is -2.53. The summed E-state index contributed by atoms with van der Waals surface area (Å²) in [5, 5.41) is 9.70. The lowest BCUT2D eigenvalue weighted by atomic mass is 9.49. The first-order valence-electron chi connectivity index (χ1n) is 7.48. The van der Waals surface area contributed by atoms with Gasteiger partial charge >= 0.3 is 0 Å². The largest absolute Gasteiger partial charge is 0.486 e. The van der Waals surface area contributed by atoms with E-state index in [4.69, 9.17) is 9.47 Å².